The normalized spacial score (nSPS) is 10.1. The van der Waals surface area contributed by atoms with Gasteiger partial charge in [0.05, 0.1) is 8.66 Å². The zero-order chi connectivity index (χ0) is 13.1. The molecule has 1 aromatic heterocycles. The summed E-state index contributed by atoms with van der Waals surface area (Å²) in [7, 11) is 0. The Balaban J connectivity index is 2.16. The lowest BCUT2D eigenvalue weighted by Crippen LogP contribution is -2.13. The van der Waals surface area contributed by atoms with Gasteiger partial charge >= 0.3 is 0 Å². The van der Waals surface area contributed by atoms with E-state index in [-0.39, 0.29) is 5.91 Å². The number of hydrogen-bond donors (Lipinski definition) is 2. The number of nitrogens with one attached hydrogen (secondary N) is 1. The van der Waals surface area contributed by atoms with Gasteiger partial charge in [0.1, 0.15) is 0 Å². The van der Waals surface area contributed by atoms with Gasteiger partial charge in [0.25, 0.3) is 5.91 Å². The van der Waals surface area contributed by atoms with Crippen molar-refractivity contribution in [3.63, 3.8) is 0 Å². The monoisotopic (exact) mass is 324 g/mol. The van der Waals surface area contributed by atoms with Crippen LogP contribution in [0.5, 0.6) is 0 Å². The molecule has 2 aromatic rings. The summed E-state index contributed by atoms with van der Waals surface area (Å²) in [6.45, 7) is 0. The molecule has 6 heteroatoms. The van der Waals surface area contributed by atoms with E-state index in [1.165, 1.54) is 11.3 Å². The molecule has 1 heterocycles. The van der Waals surface area contributed by atoms with Crippen molar-refractivity contribution < 1.29 is 9.59 Å². The maximum atomic E-state index is 11.9. The van der Waals surface area contributed by atoms with E-state index in [0.717, 1.165) is 3.79 Å². The molecule has 92 valence electrons. The summed E-state index contributed by atoms with van der Waals surface area (Å²) >= 11 is 4.63. The SMILES string of the molecule is NC(=O)c1cccc(NC(=O)c2ccc(Br)s2)c1. The molecule has 0 aliphatic carbocycles. The zero-order valence-corrected chi connectivity index (χ0v) is 11.5. The highest BCUT2D eigenvalue weighted by Gasteiger charge is 2.09. The maximum Gasteiger partial charge on any atom is 0.265 e. The Hall–Kier alpha value is -1.66. The minimum absolute atomic E-state index is 0.215. The van der Waals surface area contributed by atoms with Gasteiger partial charge in [0.2, 0.25) is 5.91 Å². The molecule has 2 rings (SSSR count). The molecule has 0 saturated heterocycles. The molecule has 0 atom stereocenters. The average Bonchev–Trinajstić information content (AvgIpc) is 2.76. The van der Waals surface area contributed by atoms with E-state index in [1.807, 2.05) is 0 Å². The van der Waals surface area contributed by atoms with E-state index in [1.54, 1.807) is 36.4 Å². The van der Waals surface area contributed by atoms with E-state index in [4.69, 9.17) is 5.73 Å². The van der Waals surface area contributed by atoms with Crippen LogP contribution in [0.15, 0.2) is 40.2 Å². The second-order valence-corrected chi connectivity index (χ2v) is 5.97. The molecule has 2 amide bonds. The molecule has 0 saturated carbocycles. The van der Waals surface area contributed by atoms with Gasteiger partial charge in [-0.1, -0.05) is 6.07 Å². The topological polar surface area (TPSA) is 72.2 Å². The van der Waals surface area contributed by atoms with Crippen LogP contribution in [0.2, 0.25) is 0 Å². The zero-order valence-electron chi connectivity index (χ0n) is 9.14. The van der Waals surface area contributed by atoms with Crippen LogP contribution in [0.25, 0.3) is 0 Å². The summed E-state index contributed by atoms with van der Waals surface area (Å²) in [5.74, 6) is -0.739. The van der Waals surface area contributed by atoms with Crippen LogP contribution in [0, 0.1) is 0 Å². The second kappa shape index (κ2) is 5.32. The molecular formula is C12H9BrN2O2S. The molecule has 3 N–H and O–H groups in total. The van der Waals surface area contributed by atoms with Gasteiger partial charge in [-0.3, -0.25) is 9.59 Å². The van der Waals surface area contributed by atoms with Crippen LogP contribution in [0.4, 0.5) is 5.69 Å². The van der Waals surface area contributed by atoms with Crippen molar-refractivity contribution in [3.05, 3.63) is 50.6 Å². The number of halogens is 1. The molecule has 0 aliphatic rings. The largest absolute Gasteiger partial charge is 0.366 e. The third-order valence-electron chi connectivity index (χ3n) is 2.20. The lowest BCUT2D eigenvalue weighted by atomic mass is 10.2. The predicted octanol–water partition coefficient (Wildman–Crippen LogP) is 2.86. The molecule has 0 fully saturated rings. The number of amides is 2. The van der Waals surface area contributed by atoms with Crippen LogP contribution in [-0.4, -0.2) is 11.8 Å². The Morgan fingerprint density at radius 1 is 1.22 bits per heavy atom. The molecule has 0 unspecified atom stereocenters. The first-order valence-corrected chi connectivity index (χ1v) is 6.64. The third kappa shape index (κ3) is 2.96. The highest BCUT2D eigenvalue weighted by Crippen LogP contribution is 2.23. The number of hydrogen-bond acceptors (Lipinski definition) is 3. The molecule has 18 heavy (non-hydrogen) atoms. The summed E-state index contributed by atoms with van der Waals surface area (Å²) in [6, 6.07) is 10.0. The highest BCUT2D eigenvalue weighted by molar-refractivity contribution is 9.11. The van der Waals surface area contributed by atoms with Crippen LogP contribution in [0.3, 0.4) is 0 Å². The highest BCUT2D eigenvalue weighted by atomic mass is 79.9. The summed E-state index contributed by atoms with van der Waals surface area (Å²) < 4.78 is 0.888. The van der Waals surface area contributed by atoms with E-state index in [0.29, 0.717) is 16.1 Å². The summed E-state index contributed by atoms with van der Waals surface area (Å²) in [5.41, 5.74) is 6.08. The Bertz CT molecular complexity index is 610. The molecule has 0 radical (unpaired) electrons. The maximum absolute atomic E-state index is 11.9. The van der Waals surface area contributed by atoms with Crippen LogP contribution >= 0.6 is 27.3 Å². The van der Waals surface area contributed by atoms with Gasteiger partial charge in [-0.15, -0.1) is 11.3 Å². The number of anilines is 1. The van der Waals surface area contributed by atoms with Crippen molar-refractivity contribution in [1.29, 1.82) is 0 Å². The number of nitrogens with two attached hydrogens (primary N) is 1. The minimum atomic E-state index is -0.523. The summed E-state index contributed by atoms with van der Waals surface area (Å²) in [6.07, 6.45) is 0. The Morgan fingerprint density at radius 3 is 2.61 bits per heavy atom. The fourth-order valence-corrected chi connectivity index (χ4v) is 2.66. The van der Waals surface area contributed by atoms with Crippen LogP contribution in [0.1, 0.15) is 20.0 Å². The Morgan fingerprint density at radius 2 is 2.00 bits per heavy atom. The molecular weight excluding hydrogens is 316 g/mol. The first kappa shape index (κ1) is 12.8. The first-order valence-electron chi connectivity index (χ1n) is 5.03. The van der Waals surface area contributed by atoms with E-state index >= 15 is 0 Å². The number of thiophene rings is 1. The second-order valence-electron chi connectivity index (χ2n) is 3.50. The smallest absolute Gasteiger partial charge is 0.265 e. The number of carbonyl (C=O) groups excluding carboxylic acids is 2. The van der Waals surface area contributed by atoms with Gasteiger partial charge < -0.3 is 11.1 Å². The van der Waals surface area contributed by atoms with Crippen LogP contribution < -0.4 is 11.1 Å². The number of carbonyl (C=O) groups is 2. The Kier molecular flexibility index (Phi) is 3.78. The predicted molar refractivity (Wildman–Crippen MR) is 74.9 cm³/mol. The fourth-order valence-electron chi connectivity index (χ4n) is 1.38. The quantitative estimate of drug-likeness (QED) is 0.911. The minimum Gasteiger partial charge on any atom is -0.366 e. The van der Waals surface area contributed by atoms with Gasteiger partial charge in [0, 0.05) is 11.3 Å². The Labute approximate surface area is 116 Å². The van der Waals surface area contributed by atoms with Crippen molar-refractivity contribution >= 4 is 44.8 Å². The lowest BCUT2D eigenvalue weighted by Gasteiger charge is -2.04. The van der Waals surface area contributed by atoms with Crippen molar-refractivity contribution in [2.24, 2.45) is 5.73 Å². The van der Waals surface area contributed by atoms with Crippen molar-refractivity contribution in [3.8, 4) is 0 Å². The van der Waals surface area contributed by atoms with Crippen molar-refractivity contribution in [2.75, 3.05) is 5.32 Å². The molecule has 0 spiro atoms. The van der Waals surface area contributed by atoms with Crippen molar-refractivity contribution in [1.82, 2.24) is 0 Å². The van der Waals surface area contributed by atoms with E-state index in [9.17, 15) is 9.59 Å². The average molecular weight is 325 g/mol. The molecule has 0 aliphatic heterocycles. The van der Waals surface area contributed by atoms with E-state index in [2.05, 4.69) is 21.2 Å². The van der Waals surface area contributed by atoms with Gasteiger partial charge in [-0.05, 0) is 46.3 Å². The van der Waals surface area contributed by atoms with Gasteiger partial charge in [-0.2, -0.15) is 0 Å². The molecule has 0 bridgehead atoms. The van der Waals surface area contributed by atoms with Crippen LogP contribution in [-0.2, 0) is 0 Å². The number of benzene rings is 1. The third-order valence-corrected chi connectivity index (χ3v) is 3.82. The van der Waals surface area contributed by atoms with E-state index < -0.39 is 5.91 Å². The molecule has 1 aromatic carbocycles. The fraction of sp³-hybridized carbons (Fsp3) is 0. The standard InChI is InChI=1S/C12H9BrN2O2S/c13-10-5-4-9(18-10)12(17)15-8-3-1-2-7(6-8)11(14)16/h1-6H,(H2,14,16)(H,15,17). The molecule has 4 nitrogen and oxygen atoms in total. The van der Waals surface area contributed by atoms with Gasteiger partial charge in [0.15, 0.2) is 0 Å². The number of primary amides is 1. The first-order chi connectivity index (χ1) is 8.56. The van der Waals surface area contributed by atoms with Gasteiger partial charge in [-0.25, -0.2) is 0 Å². The summed E-state index contributed by atoms with van der Waals surface area (Å²) in [5, 5.41) is 2.71. The van der Waals surface area contributed by atoms with Crippen molar-refractivity contribution in [2.45, 2.75) is 0 Å². The lowest BCUT2D eigenvalue weighted by molar-refractivity contribution is 0.0996. The summed E-state index contributed by atoms with van der Waals surface area (Å²) in [4.78, 5) is 23.5. The number of rotatable bonds is 3.